The second kappa shape index (κ2) is 5.65. The van der Waals surface area contributed by atoms with Crippen LogP contribution in [0.15, 0.2) is 60.7 Å². The fourth-order valence-electron chi connectivity index (χ4n) is 2.38. The predicted molar refractivity (Wildman–Crippen MR) is 83.3 cm³/mol. The molecule has 0 heterocycles. The highest BCUT2D eigenvalue weighted by Crippen LogP contribution is 2.53. The lowest BCUT2D eigenvalue weighted by Gasteiger charge is -2.15. The fourth-order valence-corrected chi connectivity index (χ4v) is 2.38. The van der Waals surface area contributed by atoms with Gasteiger partial charge in [-0.05, 0) is 24.0 Å². The lowest BCUT2D eigenvalue weighted by Crippen LogP contribution is -2.07. The Hall–Kier alpha value is -0.870. The maximum absolute atomic E-state index is 2.25. The third kappa shape index (κ3) is 2.53. The minimum atomic E-state index is 0. The van der Waals surface area contributed by atoms with Crippen LogP contribution in [0.1, 0.15) is 24.0 Å². The van der Waals surface area contributed by atoms with Crippen molar-refractivity contribution < 1.29 is 0 Å². The summed E-state index contributed by atoms with van der Waals surface area (Å²) in [5, 5.41) is 0. The van der Waals surface area contributed by atoms with Gasteiger partial charge < -0.3 is 6.15 Å². The third-order valence-corrected chi connectivity index (χ3v) is 3.40. The maximum atomic E-state index is 2.25. The highest BCUT2D eigenvalue weighted by atomic mass is 127. The van der Waals surface area contributed by atoms with E-state index in [1.165, 1.54) is 24.0 Å². The molecule has 90 valence electrons. The van der Waals surface area contributed by atoms with Crippen LogP contribution in [-0.4, -0.2) is 0 Å². The Bertz CT molecular complexity index is 407. The van der Waals surface area contributed by atoms with E-state index in [0.717, 1.165) is 0 Å². The first-order valence-corrected chi connectivity index (χ1v) is 5.53. The highest BCUT2D eigenvalue weighted by molar-refractivity contribution is 14.0. The van der Waals surface area contributed by atoms with Gasteiger partial charge in [0.15, 0.2) is 0 Å². The van der Waals surface area contributed by atoms with Crippen LogP contribution in [0.3, 0.4) is 0 Å². The molecular weight excluding hydrogens is 321 g/mol. The molecule has 1 saturated carbocycles. The third-order valence-electron chi connectivity index (χ3n) is 3.40. The van der Waals surface area contributed by atoms with E-state index in [1.807, 2.05) is 0 Å². The molecule has 17 heavy (non-hydrogen) atoms. The van der Waals surface area contributed by atoms with Crippen molar-refractivity contribution in [3.8, 4) is 0 Å². The zero-order valence-electron chi connectivity index (χ0n) is 9.80. The molecule has 1 nitrogen and oxygen atoms in total. The van der Waals surface area contributed by atoms with Crippen molar-refractivity contribution in [2.75, 3.05) is 0 Å². The summed E-state index contributed by atoms with van der Waals surface area (Å²) in [6, 6.07) is 21.7. The van der Waals surface area contributed by atoms with E-state index in [0.29, 0.717) is 5.41 Å². The predicted octanol–water partition coefficient (Wildman–Crippen LogP) is 4.55. The monoisotopic (exact) mass is 339 g/mol. The largest absolute Gasteiger partial charge is 0.344 e. The molecule has 2 aromatic carbocycles. The Morgan fingerprint density at radius 1 is 0.647 bits per heavy atom. The molecule has 3 N–H and O–H groups in total. The van der Waals surface area contributed by atoms with Gasteiger partial charge in [-0.2, -0.15) is 0 Å². The van der Waals surface area contributed by atoms with Gasteiger partial charge in [0, 0.05) is 5.41 Å². The Balaban J connectivity index is 0.000000722. The van der Waals surface area contributed by atoms with Crippen LogP contribution in [0.2, 0.25) is 0 Å². The summed E-state index contributed by atoms with van der Waals surface area (Å²) in [6.07, 6.45) is 2.59. The molecule has 1 fully saturated rings. The summed E-state index contributed by atoms with van der Waals surface area (Å²) in [4.78, 5) is 0. The molecule has 0 unspecified atom stereocenters. The molecule has 0 radical (unpaired) electrons. The number of rotatable bonds is 2. The molecule has 0 spiro atoms. The van der Waals surface area contributed by atoms with Gasteiger partial charge in [-0.3, -0.25) is 0 Å². The molecule has 0 amide bonds. The summed E-state index contributed by atoms with van der Waals surface area (Å²) in [7, 11) is 0. The van der Waals surface area contributed by atoms with Crippen molar-refractivity contribution in [1.29, 1.82) is 0 Å². The average Bonchev–Trinajstić information content (AvgIpc) is 3.13. The van der Waals surface area contributed by atoms with E-state index < -0.39 is 0 Å². The molecule has 0 aliphatic heterocycles. The number of benzene rings is 2. The van der Waals surface area contributed by atoms with Crippen LogP contribution in [0.4, 0.5) is 0 Å². The van der Waals surface area contributed by atoms with Gasteiger partial charge in [-0.1, -0.05) is 60.7 Å². The van der Waals surface area contributed by atoms with Crippen molar-refractivity contribution in [3.63, 3.8) is 0 Å². The first-order chi connectivity index (χ1) is 7.42. The smallest absolute Gasteiger partial charge is 0.0203 e. The molecule has 1 aliphatic carbocycles. The second-order valence-corrected chi connectivity index (χ2v) is 4.31. The summed E-state index contributed by atoms with van der Waals surface area (Å²) < 4.78 is 0. The van der Waals surface area contributed by atoms with Gasteiger partial charge in [0.1, 0.15) is 0 Å². The van der Waals surface area contributed by atoms with E-state index in [-0.39, 0.29) is 30.1 Å². The minimum Gasteiger partial charge on any atom is -0.344 e. The standard InChI is InChI=1S/C15H14.HI.H3N/c1-3-7-13(8-4-1)15(11-12-15)14-9-5-2-6-10-14;;/h1-10H,11-12H2;1H;1H3. The molecule has 2 heteroatoms. The Labute approximate surface area is 120 Å². The van der Waals surface area contributed by atoms with Gasteiger partial charge in [-0.15, -0.1) is 24.0 Å². The summed E-state index contributed by atoms with van der Waals surface area (Å²) >= 11 is 0. The van der Waals surface area contributed by atoms with E-state index in [2.05, 4.69) is 60.7 Å². The first kappa shape index (κ1) is 14.2. The molecule has 0 saturated heterocycles. The van der Waals surface area contributed by atoms with Crippen molar-refractivity contribution in [1.82, 2.24) is 6.15 Å². The van der Waals surface area contributed by atoms with E-state index in [9.17, 15) is 0 Å². The van der Waals surface area contributed by atoms with Crippen LogP contribution in [0, 0.1) is 0 Å². The topological polar surface area (TPSA) is 35.0 Å². The Kier molecular flexibility index (Phi) is 4.71. The summed E-state index contributed by atoms with van der Waals surface area (Å²) in [5.74, 6) is 0. The van der Waals surface area contributed by atoms with Crippen molar-refractivity contribution in [2.24, 2.45) is 0 Å². The molecule has 0 atom stereocenters. The zero-order chi connectivity index (χ0) is 10.1. The van der Waals surface area contributed by atoms with Gasteiger partial charge in [-0.25, -0.2) is 0 Å². The Morgan fingerprint density at radius 3 is 1.29 bits per heavy atom. The van der Waals surface area contributed by atoms with Crippen molar-refractivity contribution in [2.45, 2.75) is 18.3 Å². The molecule has 0 bridgehead atoms. The molecule has 3 rings (SSSR count). The highest BCUT2D eigenvalue weighted by Gasteiger charge is 2.45. The van der Waals surface area contributed by atoms with Crippen molar-refractivity contribution >= 4 is 24.0 Å². The van der Waals surface area contributed by atoms with Gasteiger partial charge >= 0.3 is 0 Å². The number of hydrogen-bond acceptors (Lipinski definition) is 1. The van der Waals surface area contributed by atoms with Crippen LogP contribution in [0.5, 0.6) is 0 Å². The first-order valence-electron chi connectivity index (χ1n) is 5.53. The minimum absolute atomic E-state index is 0. The fraction of sp³-hybridized carbons (Fsp3) is 0.200. The van der Waals surface area contributed by atoms with Crippen molar-refractivity contribution in [3.05, 3.63) is 71.8 Å². The lowest BCUT2D eigenvalue weighted by molar-refractivity contribution is 0.847. The van der Waals surface area contributed by atoms with Gasteiger partial charge in [0.2, 0.25) is 0 Å². The molecular formula is C15H18IN. The second-order valence-electron chi connectivity index (χ2n) is 4.31. The van der Waals surface area contributed by atoms with E-state index in [1.54, 1.807) is 0 Å². The van der Waals surface area contributed by atoms with Crippen LogP contribution < -0.4 is 6.15 Å². The van der Waals surface area contributed by atoms with Gasteiger partial charge in [0.05, 0.1) is 0 Å². The average molecular weight is 339 g/mol. The van der Waals surface area contributed by atoms with Crippen LogP contribution in [-0.2, 0) is 5.41 Å². The normalized spacial score (nSPS) is 15.3. The van der Waals surface area contributed by atoms with Gasteiger partial charge in [0.25, 0.3) is 0 Å². The summed E-state index contributed by atoms with van der Waals surface area (Å²) in [6.45, 7) is 0. The van der Waals surface area contributed by atoms with E-state index in [4.69, 9.17) is 0 Å². The van der Waals surface area contributed by atoms with Crippen LogP contribution >= 0.6 is 24.0 Å². The zero-order valence-corrected chi connectivity index (χ0v) is 12.1. The van der Waals surface area contributed by atoms with E-state index >= 15 is 0 Å². The SMILES string of the molecule is I.N.c1ccc(C2(c3ccccc3)CC2)cc1. The Morgan fingerprint density at radius 2 is 1.00 bits per heavy atom. The summed E-state index contributed by atoms with van der Waals surface area (Å²) in [5.41, 5.74) is 3.27. The van der Waals surface area contributed by atoms with Crippen LogP contribution in [0.25, 0.3) is 0 Å². The number of hydrogen-bond donors (Lipinski definition) is 1. The molecule has 2 aromatic rings. The maximum Gasteiger partial charge on any atom is 0.0203 e. The lowest BCUT2D eigenvalue weighted by atomic mass is 9.88. The number of halogens is 1. The quantitative estimate of drug-likeness (QED) is 0.801. The molecule has 1 aliphatic rings. The molecule has 0 aromatic heterocycles.